The van der Waals surface area contributed by atoms with Crippen LogP contribution in [0.2, 0.25) is 10.0 Å². The summed E-state index contributed by atoms with van der Waals surface area (Å²) in [5, 5.41) is 2.72. The molecule has 0 radical (unpaired) electrons. The van der Waals surface area contributed by atoms with Gasteiger partial charge in [-0.25, -0.2) is 8.42 Å². The predicted octanol–water partition coefficient (Wildman–Crippen LogP) is 0.966. The Balaban J connectivity index is 2.58. The second kappa shape index (κ2) is 9.93. The molecule has 0 fully saturated rings. The van der Waals surface area contributed by atoms with Crippen molar-refractivity contribution >= 4 is 45.1 Å². The maximum atomic E-state index is 12.2. The average Bonchev–Trinajstić information content (AvgIpc) is 2.54. The molecule has 0 aliphatic rings. The minimum Gasteiger partial charge on any atom is -0.454 e. The van der Waals surface area contributed by atoms with E-state index in [1.807, 2.05) is 0 Å². The number of hydrogen-bond acceptors (Lipinski definition) is 6. The first-order chi connectivity index (χ1) is 11.7. The number of sulfonamides is 1. The maximum absolute atomic E-state index is 12.2. The summed E-state index contributed by atoms with van der Waals surface area (Å²) in [5.41, 5.74) is 0. The van der Waals surface area contributed by atoms with E-state index in [0.29, 0.717) is 6.61 Å². The maximum Gasteiger partial charge on any atom is 0.324 e. The smallest absolute Gasteiger partial charge is 0.324 e. The Morgan fingerprint density at radius 3 is 2.52 bits per heavy atom. The van der Waals surface area contributed by atoms with E-state index in [2.05, 4.69) is 10.0 Å². The summed E-state index contributed by atoms with van der Waals surface area (Å²) >= 11 is 11.5. The van der Waals surface area contributed by atoms with Gasteiger partial charge in [-0.2, -0.15) is 4.72 Å². The van der Waals surface area contributed by atoms with Crippen LogP contribution in [0.1, 0.15) is 6.92 Å². The molecule has 0 aliphatic carbocycles. The molecule has 140 valence electrons. The van der Waals surface area contributed by atoms with Gasteiger partial charge in [0.15, 0.2) is 6.61 Å². The van der Waals surface area contributed by atoms with Gasteiger partial charge < -0.3 is 14.8 Å². The molecular formula is C14H18Cl2N2O6S. The summed E-state index contributed by atoms with van der Waals surface area (Å²) in [4.78, 5) is 23.1. The second-order valence-electron chi connectivity index (χ2n) is 4.87. The van der Waals surface area contributed by atoms with E-state index in [9.17, 15) is 18.0 Å². The Kier molecular flexibility index (Phi) is 8.60. The van der Waals surface area contributed by atoms with Crippen LogP contribution in [0, 0.1) is 0 Å². The first kappa shape index (κ1) is 21.7. The zero-order valence-corrected chi connectivity index (χ0v) is 15.9. The minimum absolute atomic E-state index is 0.0625. The third-order valence-electron chi connectivity index (χ3n) is 2.86. The van der Waals surface area contributed by atoms with E-state index in [1.54, 1.807) is 0 Å². The van der Waals surface area contributed by atoms with Crippen LogP contribution < -0.4 is 10.0 Å². The molecule has 0 bridgehead atoms. The number of ether oxygens (including phenoxy) is 2. The van der Waals surface area contributed by atoms with Gasteiger partial charge in [-0.1, -0.05) is 23.2 Å². The van der Waals surface area contributed by atoms with Crippen molar-refractivity contribution in [3.63, 3.8) is 0 Å². The molecule has 0 saturated carbocycles. The van der Waals surface area contributed by atoms with E-state index in [0.717, 1.165) is 6.07 Å². The SMILES string of the molecule is COCCNC(=O)COC(=O)[C@H](C)NS(=O)(=O)c1ccc(Cl)c(Cl)c1. The van der Waals surface area contributed by atoms with Crippen molar-refractivity contribution in [1.29, 1.82) is 0 Å². The first-order valence-corrected chi connectivity index (χ1v) is 9.31. The largest absolute Gasteiger partial charge is 0.454 e. The van der Waals surface area contributed by atoms with Gasteiger partial charge in [0.1, 0.15) is 6.04 Å². The molecule has 0 heterocycles. The summed E-state index contributed by atoms with van der Waals surface area (Å²) in [6.07, 6.45) is 0. The Morgan fingerprint density at radius 1 is 1.24 bits per heavy atom. The Bertz CT molecular complexity index is 726. The van der Waals surface area contributed by atoms with E-state index < -0.39 is 34.5 Å². The Labute approximate surface area is 155 Å². The lowest BCUT2D eigenvalue weighted by Crippen LogP contribution is -2.41. The molecular weight excluding hydrogens is 395 g/mol. The molecule has 1 aromatic carbocycles. The second-order valence-corrected chi connectivity index (χ2v) is 7.40. The predicted molar refractivity (Wildman–Crippen MR) is 92.1 cm³/mol. The van der Waals surface area contributed by atoms with Crippen molar-refractivity contribution in [2.24, 2.45) is 0 Å². The molecule has 11 heteroatoms. The van der Waals surface area contributed by atoms with Gasteiger partial charge in [0.05, 0.1) is 21.5 Å². The zero-order chi connectivity index (χ0) is 19.0. The monoisotopic (exact) mass is 412 g/mol. The summed E-state index contributed by atoms with van der Waals surface area (Å²) in [7, 11) is -2.53. The molecule has 8 nitrogen and oxygen atoms in total. The third-order valence-corrected chi connectivity index (χ3v) is 5.14. The van der Waals surface area contributed by atoms with Crippen molar-refractivity contribution in [3.05, 3.63) is 28.2 Å². The molecule has 25 heavy (non-hydrogen) atoms. The molecule has 1 atom stereocenters. The van der Waals surface area contributed by atoms with Crippen LogP contribution in [0.15, 0.2) is 23.1 Å². The highest BCUT2D eigenvalue weighted by molar-refractivity contribution is 7.89. The molecule has 2 N–H and O–H groups in total. The molecule has 1 rings (SSSR count). The number of rotatable bonds is 9. The van der Waals surface area contributed by atoms with Gasteiger partial charge in [-0.3, -0.25) is 9.59 Å². The fourth-order valence-corrected chi connectivity index (χ4v) is 3.18. The van der Waals surface area contributed by atoms with Gasteiger partial charge in [0.2, 0.25) is 10.0 Å². The minimum atomic E-state index is -4.01. The number of amides is 1. The molecule has 0 unspecified atom stereocenters. The lowest BCUT2D eigenvalue weighted by atomic mass is 10.4. The standard InChI is InChI=1S/C14H18Cl2N2O6S/c1-9(14(20)24-8-13(19)17-5-6-23-2)18-25(21,22)10-3-4-11(15)12(16)7-10/h3-4,7,9,18H,5-6,8H2,1-2H3,(H,17,19)/t9-/m0/s1. The van der Waals surface area contributed by atoms with Gasteiger partial charge in [-0.05, 0) is 25.1 Å². The summed E-state index contributed by atoms with van der Waals surface area (Å²) in [5.74, 6) is -1.42. The lowest BCUT2D eigenvalue weighted by Gasteiger charge is -2.14. The highest BCUT2D eigenvalue weighted by Crippen LogP contribution is 2.24. The van der Waals surface area contributed by atoms with Gasteiger partial charge in [-0.15, -0.1) is 0 Å². The van der Waals surface area contributed by atoms with Crippen LogP contribution in [0.5, 0.6) is 0 Å². The normalized spacial score (nSPS) is 12.5. The van der Waals surface area contributed by atoms with Crippen LogP contribution in [-0.4, -0.2) is 53.2 Å². The summed E-state index contributed by atoms with van der Waals surface area (Å²) in [6.45, 7) is 1.35. The van der Waals surface area contributed by atoms with E-state index in [4.69, 9.17) is 32.7 Å². The Morgan fingerprint density at radius 2 is 1.92 bits per heavy atom. The van der Waals surface area contributed by atoms with Crippen LogP contribution in [0.4, 0.5) is 0 Å². The summed E-state index contributed by atoms with van der Waals surface area (Å²) < 4.78 is 36.1. The van der Waals surface area contributed by atoms with Gasteiger partial charge in [0.25, 0.3) is 5.91 Å². The number of esters is 1. The molecule has 0 aromatic heterocycles. The highest BCUT2D eigenvalue weighted by atomic mass is 35.5. The molecule has 0 aliphatic heterocycles. The van der Waals surface area contributed by atoms with Crippen LogP contribution in [0.25, 0.3) is 0 Å². The van der Waals surface area contributed by atoms with Gasteiger partial charge in [0, 0.05) is 13.7 Å². The Hall–Kier alpha value is -1.39. The number of methoxy groups -OCH3 is 1. The molecule has 0 saturated heterocycles. The number of carbonyl (C=O) groups is 2. The average molecular weight is 413 g/mol. The quantitative estimate of drug-likeness (QED) is 0.461. The first-order valence-electron chi connectivity index (χ1n) is 7.07. The number of halogens is 2. The van der Waals surface area contributed by atoms with Crippen molar-refractivity contribution in [3.8, 4) is 0 Å². The van der Waals surface area contributed by atoms with Crippen molar-refractivity contribution in [2.45, 2.75) is 17.9 Å². The number of hydrogen-bond donors (Lipinski definition) is 2. The fourth-order valence-electron chi connectivity index (χ4n) is 1.60. The van der Waals surface area contributed by atoms with E-state index in [-0.39, 0.29) is 21.5 Å². The summed E-state index contributed by atoms with van der Waals surface area (Å²) in [6, 6.07) is 2.53. The molecule has 0 spiro atoms. The lowest BCUT2D eigenvalue weighted by molar-refractivity contribution is -0.149. The number of carbonyl (C=O) groups excluding carboxylic acids is 2. The van der Waals surface area contributed by atoms with Crippen LogP contribution >= 0.6 is 23.2 Å². The van der Waals surface area contributed by atoms with Crippen LogP contribution in [-0.2, 0) is 29.1 Å². The van der Waals surface area contributed by atoms with Crippen molar-refractivity contribution in [2.75, 3.05) is 26.9 Å². The van der Waals surface area contributed by atoms with Gasteiger partial charge >= 0.3 is 5.97 Å². The van der Waals surface area contributed by atoms with Crippen molar-refractivity contribution in [1.82, 2.24) is 10.0 Å². The van der Waals surface area contributed by atoms with E-state index in [1.165, 1.54) is 26.2 Å². The molecule has 1 aromatic rings. The molecule has 1 amide bonds. The van der Waals surface area contributed by atoms with Crippen molar-refractivity contribution < 1.29 is 27.5 Å². The van der Waals surface area contributed by atoms with E-state index >= 15 is 0 Å². The number of benzene rings is 1. The zero-order valence-electron chi connectivity index (χ0n) is 13.5. The third kappa shape index (κ3) is 7.17. The number of nitrogens with one attached hydrogen (secondary N) is 2. The highest BCUT2D eigenvalue weighted by Gasteiger charge is 2.24. The topological polar surface area (TPSA) is 111 Å². The fraction of sp³-hybridized carbons (Fsp3) is 0.429. The van der Waals surface area contributed by atoms with Crippen LogP contribution in [0.3, 0.4) is 0 Å².